The fourth-order valence-electron chi connectivity index (χ4n) is 3.29. The van der Waals surface area contributed by atoms with E-state index in [9.17, 15) is 4.39 Å². The first kappa shape index (κ1) is 13.6. The van der Waals surface area contributed by atoms with Crippen LogP contribution in [0.3, 0.4) is 0 Å². The molecule has 126 valence electrons. The van der Waals surface area contributed by atoms with Gasteiger partial charge in [-0.05, 0) is 36.1 Å². The number of furan rings is 1. The van der Waals surface area contributed by atoms with Crippen molar-refractivity contribution >= 4 is 21.9 Å². The smallest absolute Gasteiger partial charge is 0.216 e. The molecule has 0 unspecified atom stereocenters. The summed E-state index contributed by atoms with van der Waals surface area (Å²) in [5.41, 5.74) is 4.63. The number of aromatic nitrogens is 1. The molecule has 4 rings (SSSR count). The van der Waals surface area contributed by atoms with Crippen LogP contribution in [0.25, 0.3) is 33.2 Å². The van der Waals surface area contributed by atoms with Gasteiger partial charge in [0.15, 0.2) is 6.20 Å². The molecule has 0 N–H and O–H groups in total. The first-order valence-corrected chi connectivity index (χ1v) is 8.30. The number of fused-ring (bicyclic) bond motifs is 3. The predicted molar refractivity (Wildman–Crippen MR) is 99.1 cm³/mol. The Balaban J connectivity index is 2.11. The van der Waals surface area contributed by atoms with E-state index in [0.29, 0.717) is 5.58 Å². The van der Waals surface area contributed by atoms with Crippen molar-refractivity contribution in [2.75, 3.05) is 0 Å². The molecule has 3 heteroatoms. The van der Waals surface area contributed by atoms with Crippen LogP contribution < -0.4 is 4.57 Å². The van der Waals surface area contributed by atoms with E-state index in [4.69, 9.17) is 7.16 Å². The normalized spacial score (nSPS) is 13.3. The van der Waals surface area contributed by atoms with Gasteiger partial charge in [-0.1, -0.05) is 26.0 Å². The monoisotopic (exact) mass is 336 g/mol. The molecule has 0 saturated heterocycles. The Labute approximate surface area is 149 Å². The Morgan fingerprint density at radius 2 is 1.92 bits per heavy atom. The lowest BCUT2D eigenvalue weighted by Gasteiger charge is -2.09. The largest absolute Gasteiger partial charge is 0.455 e. The van der Waals surface area contributed by atoms with Crippen molar-refractivity contribution in [3.8, 4) is 11.3 Å². The molecule has 2 aromatic heterocycles. The third kappa shape index (κ3) is 2.51. The van der Waals surface area contributed by atoms with Crippen LogP contribution in [0.2, 0.25) is 0 Å². The minimum absolute atomic E-state index is 0.224. The van der Waals surface area contributed by atoms with Crippen LogP contribution in [0.4, 0.5) is 4.39 Å². The van der Waals surface area contributed by atoms with E-state index in [2.05, 4.69) is 0 Å². The molecule has 0 fully saturated rings. The van der Waals surface area contributed by atoms with Gasteiger partial charge in [0.2, 0.25) is 5.69 Å². The molecule has 25 heavy (non-hydrogen) atoms. The number of pyridine rings is 1. The molecule has 0 aliphatic carbocycles. The van der Waals surface area contributed by atoms with Gasteiger partial charge < -0.3 is 4.42 Å². The van der Waals surface area contributed by atoms with Crippen molar-refractivity contribution in [1.29, 1.82) is 0 Å². The highest BCUT2D eigenvalue weighted by Gasteiger charge is 2.21. The molecule has 0 aliphatic rings. The second-order valence-electron chi connectivity index (χ2n) is 6.70. The van der Waals surface area contributed by atoms with Crippen LogP contribution in [0.15, 0.2) is 53.1 Å². The molecule has 2 nitrogen and oxygen atoms in total. The van der Waals surface area contributed by atoms with Gasteiger partial charge in [-0.25, -0.2) is 8.96 Å². The van der Waals surface area contributed by atoms with Crippen LogP contribution in [-0.4, -0.2) is 0 Å². The van der Waals surface area contributed by atoms with Crippen molar-refractivity contribution in [1.82, 2.24) is 0 Å². The molecule has 0 radical (unpaired) electrons. The second kappa shape index (κ2) is 5.69. The number of hydrogen-bond donors (Lipinski definition) is 0. The lowest BCUT2D eigenvalue weighted by Crippen LogP contribution is -2.31. The minimum Gasteiger partial charge on any atom is -0.455 e. The van der Waals surface area contributed by atoms with Gasteiger partial charge in [0.05, 0.1) is 6.93 Å². The summed E-state index contributed by atoms with van der Waals surface area (Å²) in [5.74, 6) is -1.32. The highest BCUT2D eigenvalue weighted by atomic mass is 19.1. The summed E-state index contributed by atoms with van der Waals surface area (Å²) in [5, 5.41) is 1.59. The Kier molecular flexibility index (Phi) is 3.10. The zero-order chi connectivity index (χ0) is 19.5. The number of nitrogens with zero attached hydrogens (tertiary/aromatic N) is 1. The number of aryl methyl sites for hydroxylation is 2. The number of benzene rings is 2. The minimum atomic E-state index is -0.726. The second-order valence-corrected chi connectivity index (χ2v) is 6.70. The Morgan fingerprint density at radius 3 is 2.68 bits per heavy atom. The summed E-state index contributed by atoms with van der Waals surface area (Å²) < 4.78 is 38.2. The van der Waals surface area contributed by atoms with E-state index in [1.807, 2.05) is 62.8 Å². The maximum absolute atomic E-state index is 13.9. The fourth-order valence-corrected chi connectivity index (χ4v) is 3.29. The van der Waals surface area contributed by atoms with Gasteiger partial charge in [0, 0.05) is 30.3 Å². The average Bonchev–Trinajstić information content (AvgIpc) is 2.97. The molecule has 0 saturated carbocycles. The summed E-state index contributed by atoms with van der Waals surface area (Å²) >= 11 is 0. The molecule has 4 aromatic rings. The zero-order valence-corrected chi connectivity index (χ0v) is 14.8. The average molecular weight is 336 g/mol. The fraction of sp³-hybridized carbons (Fsp3) is 0.227. The Hall–Kier alpha value is -2.68. The number of rotatable bonds is 2. The molecule has 0 amide bonds. The van der Waals surface area contributed by atoms with Crippen LogP contribution >= 0.6 is 0 Å². The van der Waals surface area contributed by atoms with Crippen molar-refractivity contribution in [2.24, 2.45) is 7.05 Å². The molecule has 0 spiro atoms. The van der Waals surface area contributed by atoms with Gasteiger partial charge in [-0.15, -0.1) is 0 Å². The lowest BCUT2D eigenvalue weighted by molar-refractivity contribution is -0.660. The van der Waals surface area contributed by atoms with E-state index in [0.717, 1.165) is 33.2 Å². The molecular formula is C22H21FNO+. The predicted octanol–water partition coefficient (Wildman–Crippen LogP) is 5.65. The summed E-state index contributed by atoms with van der Waals surface area (Å²) in [6.07, 6.45) is 1.94. The van der Waals surface area contributed by atoms with Gasteiger partial charge >= 0.3 is 0 Å². The van der Waals surface area contributed by atoms with Gasteiger partial charge in [-0.2, -0.15) is 0 Å². The van der Waals surface area contributed by atoms with Crippen molar-refractivity contribution in [3.05, 3.63) is 65.6 Å². The zero-order valence-electron chi connectivity index (χ0n) is 16.8. The van der Waals surface area contributed by atoms with E-state index in [-0.39, 0.29) is 11.6 Å². The van der Waals surface area contributed by atoms with Crippen molar-refractivity contribution in [2.45, 2.75) is 26.7 Å². The van der Waals surface area contributed by atoms with E-state index < -0.39 is 11.7 Å². The van der Waals surface area contributed by atoms with E-state index in [1.54, 1.807) is 6.07 Å². The molecule has 0 atom stereocenters. The highest BCUT2D eigenvalue weighted by Crippen LogP contribution is 2.37. The van der Waals surface area contributed by atoms with Crippen molar-refractivity contribution < 1.29 is 16.1 Å². The molecule has 0 bridgehead atoms. The number of halogens is 1. The Morgan fingerprint density at radius 1 is 1.16 bits per heavy atom. The maximum atomic E-state index is 13.9. The third-order valence-corrected chi connectivity index (χ3v) is 4.72. The summed E-state index contributed by atoms with van der Waals surface area (Å²) in [4.78, 5) is 0. The van der Waals surface area contributed by atoms with Crippen LogP contribution in [0, 0.1) is 12.7 Å². The van der Waals surface area contributed by atoms with Gasteiger partial charge in [0.25, 0.3) is 0 Å². The van der Waals surface area contributed by atoms with Gasteiger partial charge in [0.1, 0.15) is 24.0 Å². The van der Waals surface area contributed by atoms with Crippen molar-refractivity contribution in [3.63, 3.8) is 0 Å². The topological polar surface area (TPSA) is 17.0 Å². The standard InChI is InChI=1S/C22H21FNO/c1-13(2)15-9-10-24(4)19(11-15)21-14(3)5-7-18-17-8-6-16(23)12-20(17)25-22(18)21/h5-13H,1-4H3/q+1/i12D,13D. The highest BCUT2D eigenvalue weighted by molar-refractivity contribution is 6.09. The summed E-state index contributed by atoms with van der Waals surface area (Å²) in [6.45, 7) is 5.72. The summed E-state index contributed by atoms with van der Waals surface area (Å²) in [6, 6.07) is 10.7. The first-order valence-electron chi connectivity index (χ1n) is 9.30. The summed E-state index contributed by atoms with van der Waals surface area (Å²) in [7, 11) is 1.95. The SMILES string of the molecule is [2H]c1c(F)ccc2c1oc1c(-c3cc(C([2H])(C)C)cc[n+]3C)c(C)ccc12. The number of hydrogen-bond acceptors (Lipinski definition) is 1. The first-order chi connectivity index (χ1) is 12.7. The van der Waals surface area contributed by atoms with Crippen LogP contribution in [0.1, 0.15) is 33.6 Å². The molecule has 2 heterocycles. The molecule has 2 aromatic carbocycles. The Bertz CT molecular complexity index is 1200. The third-order valence-electron chi connectivity index (χ3n) is 4.72. The maximum Gasteiger partial charge on any atom is 0.216 e. The lowest BCUT2D eigenvalue weighted by atomic mass is 9.97. The quantitative estimate of drug-likeness (QED) is 0.432. The van der Waals surface area contributed by atoms with Crippen LogP contribution in [-0.2, 0) is 7.05 Å². The van der Waals surface area contributed by atoms with E-state index in [1.165, 1.54) is 6.07 Å². The van der Waals surface area contributed by atoms with E-state index >= 15 is 0 Å². The van der Waals surface area contributed by atoms with Gasteiger partial charge in [-0.3, -0.25) is 0 Å². The molecule has 0 aliphatic heterocycles. The van der Waals surface area contributed by atoms with Crippen LogP contribution in [0.5, 0.6) is 0 Å². The molecular weight excluding hydrogens is 313 g/mol.